The number of hydrogen-bond donors (Lipinski definition) is 1. The van der Waals surface area contributed by atoms with Gasteiger partial charge in [0.05, 0.1) is 5.75 Å². The summed E-state index contributed by atoms with van der Waals surface area (Å²) >= 11 is 0. The Hall–Kier alpha value is 0.840. The Morgan fingerprint density at radius 2 is 1.62 bits per heavy atom. The Labute approximate surface area is 69.9 Å². The smallest absolute Gasteiger partial charge is 0.264 e. The molecule has 0 aliphatic heterocycles. The van der Waals surface area contributed by atoms with Crippen LogP contribution in [0.2, 0.25) is 0 Å². The van der Waals surface area contributed by atoms with E-state index >= 15 is 0 Å². The van der Waals surface area contributed by atoms with Gasteiger partial charge in [0.2, 0.25) is 0 Å². The van der Waals surface area contributed by atoms with E-state index in [1.807, 2.05) is 0 Å². The summed E-state index contributed by atoms with van der Waals surface area (Å²) in [7, 11) is -3.66. The minimum absolute atomic E-state index is 0. The number of halogens is 1. The molecule has 0 aromatic heterocycles. The first-order chi connectivity index (χ1) is 2.56. The summed E-state index contributed by atoms with van der Waals surface area (Å²) in [5, 5.41) is 0. The van der Waals surface area contributed by atoms with Gasteiger partial charge in [-0.15, -0.1) is 0 Å². The van der Waals surface area contributed by atoms with E-state index in [2.05, 4.69) is 0 Å². The molecule has 0 atom stereocenters. The molecule has 0 saturated carbocycles. The van der Waals surface area contributed by atoms with Gasteiger partial charge in [-0.1, -0.05) is 0 Å². The Morgan fingerprint density at radius 3 is 1.62 bits per heavy atom. The second-order valence-electron chi connectivity index (χ2n) is 0.871. The van der Waals surface area contributed by atoms with Crippen molar-refractivity contribution in [3.8, 4) is 0 Å². The first-order valence-corrected chi connectivity index (χ1v) is 3.12. The Balaban J connectivity index is -0.000000125. The summed E-state index contributed by atoms with van der Waals surface area (Å²) in [6.07, 6.45) is 0. The van der Waals surface area contributed by atoms with Gasteiger partial charge in [0.1, 0.15) is 0 Å². The van der Waals surface area contributed by atoms with Gasteiger partial charge in [-0.2, -0.15) is 8.42 Å². The SMILES string of the molecule is CCS(=O)(=O)O.F.[Na]. The minimum atomic E-state index is -3.66. The van der Waals surface area contributed by atoms with Crippen molar-refractivity contribution in [2.24, 2.45) is 0 Å². The van der Waals surface area contributed by atoms with Gasteiger partial charge in [0, 0.05) is 29.6 Å². The topological polar surface area (TPSA) is 54.4 Å². The van der Waals surface area contributed by atoms with Crippen LogP contribution < -0.4 is 0 Å². The number of rotatable bonds is 1. The maximum absolute atomic E-state index is 9.56. The second-order valence-corrected chi connectivity index (χ2v) is 2.61. The second kappa shape index (κ2) is 5.97. The molecule has 0 aliphatic rings. The van der Waals surface area contributed by atoms with Gasteiger partial charge < -0.3 is 0 Å². The molecule has 0 saturated heterocycles. The monoisotopic (exact) mass is 153 g/mol. The van der Waals surface area contributed by atoms with Gasteiger partial charge in [0.25, 0.3) is 10.1 Å². The van der Waals surface area contributed by atoms with Crippen LogP contribution in [0.25, 0.3) is 0 Å². The van der Waals surface area contributed by atoms with Gasteiger partial charge in [0.15, 0.2) is 0 Å². The molecule has 0 rings (SSSR count). The van der Waals surface area contributed by atoms with E-state index in [4.69, 9.17) is 4.55 Å². The molecule has 0 amide bonds. The van der Waals surface area contributed by atoms with Crippen molar-refractivity contribution in [1.82, 2.24) is 0 Å². The van der Waals surface area contributed by atoms with Crippen LogP contribution in [-0.4, -0.2) is 48.3 Å². The Kier molecular flexibility index (Phi) is 11.9. The molecule has 0 spiro atoms. The van der Waals surface area contributed by atoms with Crippen LogP contribution in [0, 0.1) is 0 Å². The quantitative estimate of drug-likeness (QED) is 0.414. The third-order valence-corrected chi connectivity index (χ3v) is 1.09. The van der Waals surface area contributed by atoms with Crippen molar-refractivity contribution in [3.05, 3.63) is 0 Å². The summed E-state index contributed by atoms with van der Waals surface area (Å²) in [5.74, 6) is -0.201. The molecule has 3 nitrogen and oxygen atoms in total. The Morgan fingerprint density at radius 1 is 1.50 bits per heavy atom. The standard InChI is InChI=1S/C2H6O3S.FH.Na/c1-2-6(3,4)5;;/h2H2,1H3,(H,3,4,5);1H;. The van der Waals surface area contributed by atoms with Crippen molar-refractivity contribution in [3.63, 3.8) is 0 Å². The molecule has 0 unspecified atom stereocenters. The van der Waals surface area contributed by atoms with Crippen molar-refractivity contribution < 1.29 is 17.7 Å². The van der Waals surface area contributed by atoms with Crippen LogP contribution in [0.4, 0.5) is 4.70 Å². The Bertz CT molecular complexity index is 119. The van der Waals surface area contributed by atoms with Crippen molar-refractivity contribution >= 4 is 39.7 Å². The predicted octanol–water partition coefficient (Wildman–Crippen LogP) is -0.334. The molecule has 8 heavy (non-hydrogen) atoms. The molecule has 0 aromatic rings. The molecule has 0 fully saturated rings. The third-order valence-electron chi connectivity index (χ3n) is 0.365. The zero-order chi connectivity index (χ0) is 5.21. The maximum Gasteiger partial charge on any atom is 0.264 e. The minimum Gasteiger partial charge on any atom is -0.286 e. The summed E-state index contributed by atoms with van der Waals surface area (Å²) in [5.41, 5.74) is 0. The molecule has 0 bridgehead atoms. The first kappa shape index (κ1) is 15.9. The molecule has 6 heteroatoms. The van der Waals surface area contributed by atoms with Gasteiger partial charge in [-0.3, -0.25) is 9.26 Å². The zero-order valence-corrected chi connectivity index (χ0v) is 7.60. The average Bonchev–Trinajstić information content (AvgIpc) is 1.35. The van der Waals surface area contributed by atoms with E-state index in [0.717, 1.165) is 0 Å². The van der Waals surface area contributed by atoms with E-state index in [1.54, 1.807) is 0 Å². The fraction of sp³-hybridized carbons (Fsp3) is 1.00. The summed E-state index contributed by atoms with van der Waals surface area (Å²) in [4.78, 5) is 0. The fourth-order valence-electron chi connectivity index (χ4n) is 0. The molecule has 1 N–H and O–H groups in total. The first-order valence-electron chi connectivity index (χ1n) is 1.51. The van der Waals surface area contributed by atoms with Gasteiger partial charge >= 0.3 is 0 Å². The summed E-state index contributed by atoms with van der Waals surface area (Å²) < 4.78 is 26.9. The number of hydrogen-bond acceptors (Lipinski definition) is 2. The summed E-state index contributed by atoms with van der Waals surface area (Å²) in [6.45, 7) is 1.37. The molecular weight excluding hydrogens is 146 g/mol. The third kappa shape index (κ3) is 15.8. The fourth-order valence-corrected chi connectivity index (χ4v) is 0. The van der Waals surface area contributed by atoms with Crippen LogP contribution in [0.3, 0.4) is 0 Å². The maximum atomic E-state index is 9.56. The predicted molar refractivity (Wildman–Crippen MR) is 30.3 cm³/mol. The largest absolute Gasteiger partial charge is 0.286 e. The van der Waals surface area contributed by atoms with Crippen LogP contribution in [0.5, 0.6) is 0 Å². The van der Waals surface area contributed by atoms with Gasteiger partial charge in [-0.05, 0) is 6.92 Å². The molecule has 47 valence electrons. The van der Waals surface area contributed by atoms with Crippen molar-refractivity contribution in [2.75, 3.05) is 5.75 Å². The average molecular weight is 153 g/mol. The molecule has 0 heterocycles. The molecular formula is C2H7FNaO3S. The van der Waals surface area contributed by atoms with E-state index in [0.29, 0.717) is 0 Å². The van der Waals surface area contributed by atoms with Crippen LogP contribution >= 0.6 is 0 Å². The van der Waals surface area contributed by atoms with E-state index in [9.17, 15) is 8.42 Å². The van der Waals surface area contributed by atoms with E-state index in [1.165, 1.54) is 6.92 Å². The van der Waals surface area contributed by atoms with Crippen LogP contribution in [0.1, 0.15) is 6.92 Å². The van der Waals surface area contributed by atoms with Crippen molar-refractivity contribution in [2.45, 2.75) is 6.92 Å². The molecule has 0 aromatic carbocycles. The van der Waals surface area contributed by atoms with E-state index in [-0.39, 0.29) is 40.0 Å². The summed E-state index contributed by atoms with van der Waals surface area (Å²) in [6, 6.07) is 0. The van der Waals surface area contributed by atoms with Crippen LogP contribution in [-0.2, 0) is 10.1 Å². The van der Waals surface area contributed by atoms with Crippen LogP contribution in [0.15, 0.2) is 0 Å². The normalized spacial score (nSPS) is 8.75. The molecule has 1 radical (unpaired) electrons. The van der Waals surface area contributed by atoms with E-state index < -0.39 is 10.1 Å². The molecule has 0 aliphatic carbocycles. The van der Waals surface area contributed by atoms with Gasteiger partial charge in [-0.25, -0.2) is 0 Å². The zero-order valence-electron chi connectivity index (χ0n) is 4.79. The van der Waals surface area contributed by atoms with Crippen molar-refractivity contribution in [1.29, 1.82) is 0 Å².